The molecule has 7 heteroatoms. The van der Waals surface area contributed by atoms with E-state index in [0.29, 0.717) is 43.1 Å². The van der Waals surface area contributed by atoms with E-state index in [1.807, 2.05) is 59.5 Å². The summed E-state index contributed by atoms with van der Waals surface area (Å²) in [6, 6.07) is 21.2. The number of unbranched alkanes of at least 4 members (excludes halogenated alkanes) is 1. The van der Waals surface area contributed by atoms with Gasteiger partial charge in [-0.2, -0.15) is 0 Å². The number of nitrogens with one attached hydrogen (secondary N) is 2. The molecule has 1 fully saturated rings. The molecule has 1 aliphatic heterocycles. The number of aliphatic hydroxyl groups is 1. The van der Waals surface area contributed by atoms with Crippen LogP contribution in [0.2, 0.25) is 5.02 Å². The minimum Gasteiger partial charge on any atom is -0.396 e. The molecule has 0 aromatic heterocycles. The second kappa shape index (κ2) is 13.7. The lowest BCUT2D eigenvalue weighted by Crippen LogP contribution is -2.49. The van der Waals surface area contributed by atoms with E-state index in [1.165, 1.54) is 5.56 Å². The zero-order chi connectivity index (χ0) is 26.9. The van der Waals surface area contributed by atoms with E-state index in [0.717, 1.165) is 30.0 Å². The molecule has 3 aromatic rings. The Balaban J connectivity index is 1.42. The molecule has 3 N–H and O–H groups in total. The van der Waals surface area contributed by atoms with Gasteiger partial charge in [-0.1, -0.05) is 61.0 Å². The Hall–Kier alpha value is -2.93. The lowest BCUT2D eigenvalue weighted by atomic mass is 9.95. The lowest BCUT2D eigenvalue weighted by molar-refractivity contribution is -0.133. The summed E-state index contributed by atoms with van der Waals surface area (Å²) >= 11 is 6.08. The van der Waals surface area contributed by atoms with Crippen LogP contribution in [0.3, 0.4) is 0 Å². The third kappa shape index (κ3) is 7.34. The number of benzene rings is 3. The van der Waals surface area contributed by atoms with E-state index < -0.39 is 0 Å². The first-order chi connectivity index (χ1) is 18.5. The van der Waals surface area contributed by atoms with Crippen LogP contribution in [-0.4, -0.2) is 60.1 Å². The van der Waals surface area contributed by atoms with E-state index >= 15 is 0 Å². The number of nitrogens with zero attached hydrogens (tertiary/aromatic N) is 1. The number of carbonyl (C=O) groups is 2. The van der Waals surface area contributed by atoms with Gasteiger partial charge in [0.05, 0.1) is 6.04 Å². The van der Waals surface area contributed by atoms with Crippen LogP contribution in [0, 0.1) is 0 Å². The van der Waals surface area contributed by atoms with E-state index in [1.54, 1.807) is 0 Å². The molecule has 1 aliphatic rings. The van der Waals surface area contributed by atoms with E-state index in [4.69, 9.17) is 11.6 Å². The smallest absolute Gasteiger partial charge is 0.251 e. The van der Waals surface area contributed by atoms with Crippen LogP contribution in [-0.2, 0) is 4.79 Å². The van der Waals surface area contributed by atoms with Crippen molar-refractivity contribution in [2.24, 2.45) is 0 Å². The Morgan fingerprint density at radius 3 is 2.63 bits per heavy atom. The number of fused-ring (bicyclic) bond motifs is 1. The van der Waals surface area contributed by atoms with Crippen molar-refractivity contribution in [2.75, 3.05) is 26.2 Å². The summed E-state index contributed by atoms with van der Waals surface area (Å²) in [6.45, 7) is 4.04. The predicted octanol–water partition coefficient (Wildman–Crippen LogP) is 5.14. The average Bonchev–Trinajstić information content (AvgIpc) is 3.08. The van der Waals surface area contributed by atoms with Crippen LogP contribution in [0.5, 0.6) is 0 Å². The number of carbonyl (C=O) groups excluding carboxylic acids is 2. The van der Waals surface area contributed by atoms with Gasteiger partial charge in [-0.25, -0.2) is 0 Å². The number of hydrogen-bond donors (Lipinski definition) is 3. The van der Waals surface area contributed by atoms with Gasteiger partial charge in [0.25, 0.3) is 5.91 Å². The molecule has 0 radical (unpaired) electrons. The van der Waals surface area contributed by atoms with Crippen molar-refractivity contribution in [3.63, 3.8) is 0 Å². The van der Waals surface area contributed by atoms with Crippen LogP contribution in [0.4, 0.5) is 0 Å². The average molecular weight is 536 g/mol. The molecule has 0 bridgehead atoms. The topological polar surface area (TPSA) is 81.7 Å². The Morgan fingerprint density at radius 2 is 1.87 bits per heavy atom. The molecule has 6 nitrogen and oxygen atoms in total. The molecule has 4 rings (SSSR count). The SMILES string of the molecule is CCC(CN1CCC(CNC(=O)c2ccc3cc(Cl)ccc3c2)NC(CCCCO)C1=O)c1ccccc1. The first kappa shape index (κ1) is 28.1. The van der Waals surface area contributed by atoms with Gasteiger partial charge in [-0.05, 0) is 72.7 Å². The Labute approximate surface area is 230 Å². The second-order valence-corrected chi connectivity index (χ2v) is 10.6. The van der Waals surface area contributed by atoms with Crippen molar-refractivity contribution in [3.05, 3.63) is 82.9 Å². The maximum Gasteiger partial charge on any atom is 0.251 e. The Kier molecular flexibility index (Phi) is 10.2. The first-order valence-corrected chi connectivity index (χ1v) is 14.0. The summed E-state index contributed by atoms with van der Waals surface area (Å²) in [5.74, 6) is 0.250. The summed E-state index contributed by atoms with van der Waals surface area (Å²) in [4.78, 5) is 28.6. The summed E-state index contributed by atoms with van der Waals surface area (Å²) < 4.78 is 0. The molecule has 0 spiro atoms. The standard InChI is InChI=1S/C31H38ClN3O3/c1-2-22(23-8-4-3-5-9-23)21-35-16-15-28(34-29(31(35)38)10-6-7-17-36)20-33-30(37)26-12-11-25-19-27(32)14-13-24(25)18-26/h3-5,8-9,11-14,18-19,22,28-29,34,36H,2,6-7,10,15-17,20-21H2,1H3,(H,33,37). The van der Waals surface area contributed by atoms with Crippen molar-refractivity contribution in [2.45, 2.75) is 57.0 Å². The molecule has 0 aliphatic carbocycles. The van der Waals surface area contributed by atoms with Gasteiger partial charge >= 0.3 is 0 Å². The van der Waals surface area contributed by atoms with Crippen LogP contribution < -0.4 is 10.6 Å². The van der Waals surface area contributed by atoms with Crippen molar-refractivity contribution in [1.82, 2.24) is 15.5 Å². The zero-order valence-electron chi connectivity index (χ0n) is 22.0. The molecule has 3 unspecified atom stereocenters. The fourth-order valence-electron chi connectivity index (χ4n) is 5.23. The van der Waals surface area contributed by atoms with Crippen LogP contribution in [0.1, 0.15) is 60.9 Å². The minimum atomic E-state index is -0.329. The van der Waals surface area contributed by atoms with Gasteiger partial charge < -0.3 is 20.6 Å². The zero-order valence-corrected chi connectivity index (χ0v) is 22.8. The van der Waals surface area contributed by atoms with Gasteiger partial charge in [-0.15, -0.1) is 0 Å². The van der Waals surface area contributed by atoms with Crippen molar-refractivity contribution in [1.29, 1.82) is 0 Å². The quantitative estimate of drug-likeness (QED) is 0.297. The minimum absolute atomic E-state index is 0.0249. The number of rotatable bonds is 11. The van der Waals surface area contributed by atoms with E-state index in [9.17, 15) is 14.7 Å². The first-order valence-electron chi connectivity index (χ1n) is 13.7. The van der Waals surface area contributed by atoms with Gasteiger partial charge in [0.2, 0.25) is 5.91 Å². The number of hydrogen-bond acceptors (Lipinski definition) is 4. The monoisotopic (exact) mass is 535 g/mol. The lowest BCUT2D eigenvalue weighted by Gasteiger charge is -2.28. The molecular weight excluding hydrogens is 498 g/mol. The molecular formula is C31H38ClN3O3. The van der Waals surface area contributed by atoms with Crippen molar-refractivity contribution in [3.8, 4) is 0 Å². The van der Waals surface area contributed by atoms with Crippen molar-refractivity contribution < 1.29 is 14.7 Å². The maximum absolute atomic E-state index is 13.6. The molecule has 1 heterocycles. The summed E-state index contributed by atoms with van der Waals surface area (Å²) in [6.07, 6.45) is 3.80. The summed E-state index contributed by atoms with van der Waals surface area (Å²) in [5, 5.41) is 18.5. The third-order valence-electron chi connectivity index (χ3n) is 7.47. The molecule has 38 heavy (non-hydrogen) atoms. The molecule has 0 saturated carbocycles. The second-order valence-electron chi connectivity index (χ2n) is 10.1. The fourth-order valence-corrected chi connectivity index (χ4v) is 5.41. The highest BCUT2D eigenvalue weighted by molar-refractivity contribution is 6.31. The van der Waals surface area contributed by atoms with Gasteiger partial charge in [0.1, 0.15) is 0 Å². The number of aliphatic hydroxyl groups excluding tert-OH is 1. The fraction of sp³-hybridized carbons (Fsp3) is 0.419. The normalized spacial score (nSPS) is 18.8. The number of halogens is 1. The molecule has 3 aromatic carbocycles. The van der Waals surface area contributed by atoms with Gasteiger partial charge in [-0.3, -0.25) is 9.59 Å². The highest BCUT2D eigenvalue weighted by Crippen LogP contribution is 2.23. The Morgan fingerprint density at radius 1 is 1.11 bits per heavy atom. The van der Waals surface area contributed by atoms with Crippen LogP contribution in [0.15, 0.2) is 66.7 Å². The largest absolute Gasteiger partial charge is 0.396 e. The highest BCUT2D eigenvalue weighted by atomic mass is 35.5. The summed E-state index contributed by atoms with van der Waals surface area (Å²) in [7, 11) is 0. The molecule has 3 atom stereocenters. The third-order valence-corrected chi connectivity index (χ3v) is 7.71. The van der Waals surface area contributed by atoms with E-state index in [2.05, 4.69) is 29.7 Å². The van der Waals surface area contributed by atoms with Crippen LogP contribution >= 0.6 is 11.6 Å². The summed E-state index contributed by atoms with van der Waals surface area (Å²) in [5.41, 5.74) is 1.84. The van der Waals surface area contributed by atoms with Crippen molar-refractivity contribution >= 4 is 34.2 Å². The number of amides is 2. The van der Waals surface area contributed by atoms with Gasteiger partial charge in [0.15, 0.2) is 0 Å². The van der Waals surface area contributed by atoms with Crippen LogP contribution in [0.25, 0.3) is 10.8 Å². The highest BCUT2D eigenvalue weighted by Gasteiger charge is 2.32. The Bertz CT molecular complexity index is 1220. The maximum atomic E-state index is 13.6. The predicted molar refractivity (Wildman–Crippen MR) is 154 cm³/mol. The van der Waals surface area contributed by atoms with E-state index in [-0.39, 0.29) is 36.4 Å². The molecule has 2 amide bonds. The van der Waals surface area contributed by atoms with Gasteiger partial charge in [0, 0.05) is 48.8 Å². The molecule has 202 valence electrons. The molecule has 1 saturated heterocycles.